The van der Waals surface area contributed by atoms with Gasteiger partial charge in [0.15, 0.2) is 11.5 Å². The van der Waals surface area contributed by atoms with Gasteiger partial charge in [-0.05, 0) is 58.6 Å². The van der Waals surface area contributed by atoms with Crippen molar-refractivity contribution in [2.45, 2.75) is 26.2 Å². The molecule has 5 nitrogen and oxygen atoms in total. The van der Waals surface area contributed by atoms with Gasteiger partial charge in [0.05, 0.1) is 25.3 Å². The van der Waals surface area contributed by atoms with E-state index in [1.165, 1.54) is 5.56 Å². The maximum atomic E-state index is 12.1. The molecule has 0 unspecified atom stereocenters. The first-order valence-corrected chi connectivity index (χ1v) is 9.29. The van der Waals surface area contributed by atoms with Gasteiger partial charge in [0.1, 0.15) is 5.75 Å². The van der Waals surface area contributed by atoms with Crippen molar-refractivity contribution in [3.63, 3.8) is 0 Å². The number of carbonyl (C=O) groups excluding carboxylic acids is 1. The molecule has 0 radical (unpaired) electrons. The van der Waals surface area contributed by atoms with E-state index in [1.54, 1.807) is 32.4 Å². The minimum Gasteiger partial charge on any atom is -0.493 e. The maximum Gasteiger partial charge on any atom is 0.224 e. The third kappa shape index (κ3) is 5.66. The Hall–Kier alpha value is -2.21. The molecule has 0 heterocycles. The molecule has 0 saturated heterocycles. The molecule has 2 rings (SSSR count). The lowest BCUT2D eigenvalue weighted by Crippen LogP contribution is -2.13. The second kappa shape index (κ2) is 10.1. The average Bonchev–Trinajstić information content (AvgIpc) is 2.65. The summed E-state index contributed by atoms with van der Waals surface area (Å²) in [7, 11) is 3.14. The molecule has 0 aliphatic rings. The van der Waals surface area contributed by atoms with Crippen LogP contribution in [0.15, 0.2) is 40.9 Å². The van der Waals surface area contributed by atoms with E-state index in [4.69, 9.17) is 14.2 Å². The maximum absolute atomic E-state index is 12.1. The van der Waals surface area contributed by atoms with E-state index in [2.05, 4.69) is 34.2 Å². The second-order valence-electron chi connectivity index (χ2n) is 5.69. The number of halogens is 1. The van der Waals surface area contributed by atoms with Gasteiger partial charge in [0.25, 0.3) is 0 Å². The minimum atomic E-state index is -0.0683. The zero-order chi connectivity index (χ0) is 18.9. The Balaban J connectivity index is 1.79. The highest BCUT2D eigenvalue weighted by atomic mass is 79.9. The van der Waals surface area contributed by atoms with Crippen molar-refractivity contribution in [2.75, 3.05) is 26.1 Å². The normalized spacial score (nSPS) is 10.3. The van der Waals surface area contributed by atoms with Crippen LogP contribution in [-0.2, 0) is 11.2 Å². The van der Waals surface area contributed by atoms with Crippen LogP contribution in [0.3, 0.4) is 0 Å². The van der Waals surface area contributed by atoms with E-state index in [1.807, 2.05) is 12.1 Å². The summed E-state index contributed by atoms with van der Waals surface area (Å²) in [5.41, 5.74) is 1.92. The summed E-state index contributed by atoms with van der Waals surface area (Å²) in [4.78, 5) is 12.1. The smallest absolute Gasteiger partial charge is 0.224 e. The third-order valence-electron chi connectivity index (χ3n) is 3.88. The zero-order valence-corrected chi connectivity index (χ0v) is 16.9. The quantitative estimate of drug-likeness (QED) is 0.589. The molecule has 2 aromatic carbocycles. The number of aryl methyl sites for hydroxylation is 1. The first kappa shape index (κ1) is 20.1. The lowest BCUT2D eigenvalue weighted by molar-refractivity contribution is -0.116. The molecule has 0 aliphatic heterocycles. The van der Waals surface area contributed by atoms with E-state index >= 15 is 0 Å². The van der Waals surface area contributed by atoms with Crippen molar-refractivity contribution in [2.24, 2.45) is 0 Å². The number of methoxy groups -OCH3 is 2. The molecule has 1 amide bonds. The van der Waals surface area contributed by atoms with Gasteiger partial charge in [-0.3, -0.25) is 4.79 Å². The largest absolute Gasteiger partial charge is 0.493 e. The van der Waals surface area contributed by atoms with Crippen molar-refractivity contribution in [3.05, 3.63) is 46.4 Å². The monoisotopic (exact) mass is 421 g/mol. The van der Waals surface area contributed by atoms with Gasteiger partial charge in [0.2, 0.25) is 5.91 Å². The van der Waals surface area contributed by atoms with Gasteiger partial charge < -0.3 is 19.5 Å². The second-order valence-corrected chi connectivity index (χ2v) is 6.54. The lowest BCUT2D eigenvalue weighted by Gasteiger charge is -2.11. The molecule has 6 heteroatoms. The molecular formula is C20H24BrNO4. The molecule has 0 aromatic heterocycles. The molecule has 0 atom stereocenters. The van der Waals surface area contributed by atoms with Crippen molar-refractivity contribution in [1.29, 1.82) is 0 Å². The fourth-order valence-electron chi connectivity index (χ4n) is 2.43. The molecule has 140 valence electrons. The summed E-state index contributed by atoms with van der Waals surface area (Å²) in [6.07, 6.45) is 1.98. The van der Waals surface area contributed by atoms with Crippen molar-refractivity contribution in [3.8, 4) is 17.2 Å². The molecular weight excluding hydrogens is 398 g/mol. The lowest BCUT2D eigenvalue weighted by atomic mass is 10.2. The Morgan fingerprint density at radius 3 is 2.42 bits per heavy atom. The Labute approximate surface area is 162 Å². The molecule has 0 spiro atoms. The topological polar surface area (TPSA) is 56.8 Å². The van der Waals surface area contributed by atoms with Crippen LogP contribution in [-0.4, -0.2) is 26.7 Å². The first-order valence-electron chi connectivity index (χ1n) is 8.50. The summed E-state index contributed by atoms with van der Waals surface area (Å²) < 4.78 is 17.1. The number of hydrogen-bond acceptors (Lipinski definition) is 4. The third-order valence-corrected chi connectivity index (χ3v) is 4.50. The number of benzene rings is 2. The fourth-order valence-corrected chi connectivity index (χ4v) is 2.97. The van der Waals surface area contributed by atoms with Gasteiger partial charge in [-0.1, -0.05) is 13.0 Å². The summed E-state index contributed by atoms with van der Waals surface area (Å²) in [5, 5.41) is 2.85. The predicted molar refractivity (Wildman–Crippen MR) is 106 cm³/mol. The molecule has 1 N–H and O–H groups in total. The SMILES string of the molecule is CCc1ccc(OCCCC(=O)Nc2ccc(OC)c(OC)c2)c(Br)c1. The number of ether oxygens (including phenoxy) is 3. The number of anilines is 1. The standard InChI is InChI=1S/C20H24BrNO4/c1-4-14-7-9-17(16(21)12-14)26-11-5-6-20(23)22-15-8-10-18(24-2)19(13-15)25-3/h7-10,12-13H,4-6,11H2,1-3H3,(H,22,23). The van der Waals surface area contributed by atoms with Crippen LogP contribution in [0.25, 0.3) is 0 Å². The highest BCUT2D eigenvalue weighted by Gasteiger charge is 2.08. The predicted octanol–water partition coefficient (Wildman–Crippen LogP) is 4.83. The molecule has 0 aliphatic carbocycles. The average molecular weight is 422 g/mol. The van der Waals surface area contributed by atoms with Crippen LogP contribution in [0, 0.1) is 0 Å². The number of amides is 1. The fraction of sp³-hybridized carbons (Fsp3) is 0.350. The summed E-state index contributed by atoms with van der Waals surface area (Å²) in [5.74, 6) is 1.93. The Kier molecular flexibility index (Phi) is 7.78. The van der Waals surface area contributed by atoms with Crippen LogP contribution in [0.5, 0.6) is 17.2 Å². The van der Waals surface area contributed by atoms with Crippen molar-refractivity contribution < 1.29 is 19.0 Å². The number of carbonyl (C=O) groups is 1. The Morgan fingerprint density at radius 1 is 1.04 bits per heavy atom. The number of hydrogen-bond donors (Lipinski definition) is 1. The van der Waals surface area contributed by atoms with E-state index in [-0.39, 0.29) is 5.91 Å². The van der Waals surface area contributed by atoms with Crippen LogP contribution >= 0.6 is 15.9 Å². The highest BCUT2D eigenvalue weighted by molar-refractivity contribution is 9.10. The van der Waals surface area contributed by atoms with E-state index in [0.717, 1.165) is 16.6 Å². The van der Waals surface area contributed by atoms with Gasteiger partial charge in [-0.2, -0.15) is 0 Å². The molecule has 0 bridgehead atoms. The van der Waals surface area contributed by atoms with Gasteiger partial charge in [-0.15, -0.1) is 0 Å². The van der Waals surface area contributed by atoms with Gasteiger partial charge in [0, 0.05) is 18.2 Å². The van der Waals surface area contributed by atoms with Crippen molar-refractivity contribution >= 4 is 27.5 Å². The molecule has 0 fully saturated rings. The van der Waals surface area contributed by atoms with Gasteiger partial charge in [-0.25, -0.2) is 0 Å². The van der Waals surface area contributed by atoms with Crippen LogP contribution in [0.4, 0.5) is 5.69 Å². The van der Waals surface area contributed by atoms with E-state index < -0.39 is 0 Å². The Bertz CT molecular complexity index is 749. The summed E-state index contributed by atoms with van der Waals surface area (Å²) in [6.45, 7) is 2.59. The highest BCUT2D eigenvalue weighted by Crippen LogP contribution is 2.30. The zero-order valence-electron chi connectivity index (χ0n) is 15.3. The minimum absolute atomic E-state index is 0.0683. The summed E-state index contributed by atoms with van der Waals surface area (Å²) >= 11 is 3.51. The van der Waals surface area contributed by atoms with Crippen LogP contribution < -0.4 is 19.5 Å². The molecule has 0 saturated carbocycles. The van der Waals surface area contributed by atoms with Crippen LogP contribution in [0.1, 0.15) is 25.3 Å². The molecule has 26 heavy (non-hydrogen) atoms. The summed E-state index contributed by atoms with van der Waals surface area (Å²) in [6, 6.07) is 11.3. The van der Waals surface area contributed by atoms with Crippen molar-refractivity contribution in [1.82, 2.24) is 0 Å². The van der Waals surface area contributed by atoms with Gasteiger partial charge >= 0.3 is 0 Å². The van der Waals surface area contributed by atoms with Crippen LogP contribution in [0.2, 0.25) is 0 Å². The Morgan fingerprint density at radius 2 is 1.77 bits per heavy atom. The molecule has 2 aromatic rings. The first-order chi connectivity index (χ1) is 12.6. The van der Waals surface area contributed by atoms with E-state index in [9.17, 15) is 4.79 Å². The number of nitrogens with one attached hydrogen (secondary N) is 1. The van der Waals surface area contributed by atoms with E-state index in [0.29, 0.717) is 36.6 Å². The number of rotatable bonds is 9.